The summed E-state index contributed by atoms with van der Waals surface area (Å²) in [4.78, 5) is 24.0. The van der Waals surface area contributed by atoms with Gasteiger partial charge in [-0.15, -0.1) is 0 Å². The van der Waals surface area contributed by atoms with Crippen molar-refractivity contribution in [2.45, 2.75) is 6.92 Å². The van der Waals surface area contributed by atoms with Gasteiger partial charge in [0.2, 0.25) is 0 Å². The quantitative estimate of drug-likeness (QED) is 0.256. The predicted octanol–water partition coefficient (Wildman–Crippen LogP) is 4.30. The summed E-state index contributed by atoms with van der Waals surface area (Å²) in [5, 5.41) is 0. The summed E-state index contributed by atoms with van der Waals surface area (Å²) in [6.45, 7) is 2.71. The van der Waals surface area contributed by atoms with Crippen LogP contribution in [0.2, 0.25) is 0 Å². The Bertz CT molecular complexity index is 1180. The fraction of sp³-hybridized carbons (Fsp3) is 0.154. The number of hydrazine groups is 1. The first kappa shape index (κ1) is 25.2. The van der Waals surface area contributed by atoms with Gasteiger partial charge in [0.15, 0.2) is 11.5 Å². The normalized spacial score (nSPS) is 10.6. The van der Waals surface area contributed by atoms with E-state index in [4.69, 9.17) is 14.2 Å². The van der Waals surface area contributed by atoms with Crippen LogP contribution in [0.3, 0.4) is 0 Å². The molecule has 7 nitrogen and oxygen atoms in total. The maximum absolute atomic E-state index is 13.6. The molecule has 0 atom stereocenters. The van der Waals surface area contributed by atoms with Crippen molar-refractivity contribution >= 4 is 17.9 Å². The molecule has 0 bridgehead atoms. The summed E-state index contributed by atoms with van der Waals surface area (Å²) in [5.41, 5.74) is 4.82. The molecule has 2 N–H and O–H groups in total. The number of amides is 2. The van der Waals surface area contributed by atoms with Crippen LogP contribution in [0, 0.1) is 11.6 Å². The molecule has 0 spiro atoms. The van der Waals surface area contributed by atoms with Crippen molar-refractivity contribution in [3.05, 3.63) is 95.6 Å². The highest BCUT2D eigenvalue weighted by molar-refractivity contribution is 5.98. The Morgan fingerprint density at radius 2 is 1.60 bits per heavy atom. The first-order valence-electron chi connectivity index (χ1n) is 10.8. The lowest BCUT2D eigenvalue weighted by atomic mass is 10.2. The number of hydrogen-bond acceptors (Lipinski definition) is 5. The van der Waals surface area contributed by atoms with Crippen LogP contribution in [0.15, 0.2) is 72.8 Å². The Balaban J connectivity index is 1.52. The molecule has 0 radical (unpaired) electrons. The van der Waals surface area contributed by atoms with E-state index in [2.05, 4.69) is 10.9 Å². The van der Waals surface area contributed by atoms with Gasteiger partial charge in [-0.05, 0) is 67.1 Å². The van der Waals surface area contributed by atoms with Gasteiger partial charge >= 0.3 is 0 Å². The lowest BCUT2D eigenvalue weighted by Crippen LogP contribution is -2.41. The number of rotatable bonds is 10. The third-order valence-electron chi connectivity index (χ3n) is 4.54. The monoisotopic (exact) mass is 482 g/mol. The fourth-order valence-electron chi connectivity index (χ4n) is 2.90. The second-order valence-electron chi connectivity index (χ2n) is 7.05. The number of carbonyl (C=O) groups is 2. The predicted molar refractivity (Wildman–Crippen MR) is 126 cm³/mol. The Labute approximate surface area is 201 Å². The van der Waals surface area contributed by atoms with Gasteiger partial charge < -0.3 is 14.2 Å². The van der Waals surface area contributed by atoms with Crippen molar-refractivity contribution in [1.29, 1.82) is 0 Å². The summed E-state index contributed by atoms with van der Waals surface area (Å²) < 4.78 is 43.4. The smallest absolute Gasteiger partial charge is 0.272 e. The topological polar surface area (TPSA) is 85.9 Å². The van der Waals surface area contributed by atoms with Gasteiger partial charge in [-0.2, -0.15) is 0 Å². The molecule has 0 aliphatic carbocycles. The van der Waals surface area contributed by atoms with E-state index < -0.39 is 17.6 Å². The van der Waals surface area contributed by atoms with Crippen molar-refractivity contribution in [3.63, 3.8) is 0 Å². The van der Waals surface area contributed by atoms with Gasteiger partial charge in [-0.3, -0.25) is 20.4 Å². The minimum absolute atomic E-state index is 0.184. The van der Waals surface area contributed by atoms with Crippen LogP contribution >= 0.6 is 0 Å². The van der Waals surface area contributed by atoms with Gasteiger partial charge in [0.25, 0.3) is 11.8 Å². The lowest BCUT2D eigenvalue weighted by molar-refractivity contribution is -0.117. The molecule has 0 saturated heterocycles. The van der Waals surface area contributed by atoms with Crippen molar-refractivity contribution in [1.82, 2.24) is 10.9 Å². The number of benzene rings is 3. The first-order chi connectivity index (χ1) is 17.0. The molecule has 3 aromatic rings. The van der Waals surface area contributed by atoms with Crippen LogP contribution < -0.4 is 25.1 Å². The molecule has 0 saturated carbocycles. The highest BCUT2D eigenvalue weighted by Gasteiger charge is 2.11. The summed E-state index contributed by atoms with van der Waals surface area (Å²) >= 11 is 0. The van der Waals surface area contributed by atoms with Crippen LogP contribution in [0.1, 0.15) is 22.8 Å². The summed E-state index contributed by atoms with van der Waals surface area (Å²) in [7, 11) is 0. The molecule has 2 amide bonds. The Kier molecular flexibility index (Phi) is 9.18. The molecule has 0 unspecified atom stereocenters. The zero-order chi connectivity index (χ0) is 25.0. The van der Waals surface area contributed by atoms with E-state index in [-0.39, 0.29) is 24.6 Å². The average molecular weight is 482 g/mol. The van der Waals surface area contributed by atoms with E-state index in [1.165, 1.54) is 54.6 Å². The van der Waals surface area contributed by atoms with Gasteiger partial charge in [0, 0.05) is 6.08 Å². The number of ether oxygens (including phenoxy) is 3. The van der Waals surface area contributed by atoms with Crippen molar-refractivity contribution in [2.24, 2.45) is 0 Å². The van der Waals surface area contributed by atoms with E-state index in [0.717, 1.165) is 6.07 Å². The molecular formula is C26H24F2N2O5. The molecule has 0 fully saturated rings. The summed E-state index contributed by atoms with van der Waals surface area (Å²) in [6.07, 6.45) is 2.73. The van der Waals surface area contributed by atoms with Crippen LogP contribution in [0.5, 0.6) is 17.2 Å². The maximum atomic E-state index is 13.6. The van der Waals surface area contributed by atoms with Gasteiger partial charge in [-0.25, -0.2) is 8.78 Å². The van der Waals surface area contributed by atoms with Crippen molar-refractivity contribution in [2.75, 3.05) is 19.8 Å². The Hall–Kier alpha value is -4.40. The zero-order valence-corrected chi connectivity index (χ0v) is 18.9. The minimum Gasteiger partial charge on any atom is -0.490 e. The standard InChI is InChI=1S/C26H24F2N2O5/c1-2-33-24-17-18(7-13-23(24)35-16-15-34-20-11-9-19(27)10-12-20)8-14-25(31)29-30-26(32)21-5-3-4-6-22(21)28/h3-14,17H,2,15-16H2,1H3,(H,29,31)(H,30,32)/b14-8+. The van der Waals surface area contributed by atoms with Crippen LogP contribution in [0.4, 0.5) is 8.78 Å². The highest BCUT2D eigenvalue weighted by atomic mass is 19.1. The van der Waals surface area contributed by atoms with Crippen LogP contribution in [-0.4, -0.2) is 31.6 Å². The molecule has 0 heterocycles. The minimum atomic E-state index is -0.770. The van der Waals surface area contributed by atoms with Crippen LogP contribution in [0.25, 0.3) is 6.08 Å². The molecule has 0 aromatic heterocycles. The summed E-state index contributed by atoms with van der Waals surface area (Å²) in [5.74, 6) is -0.905. The molecule has 0 aliphatic heterocycles. The Morgan fingerprint density at radius 3 is 2.34 bits per heavy atom. The van der Waals surface area contributed by atoms with E-state index in [9.17, 15) is 18.4 Å². The van der Waals surface area contributed by atoms with Gasteiger partial charge in [-0.1, -0.05) is 18.2 Å². The number of halogens is 2. The second kappa shape index (κ2) is 12.7. The Morgan fingerprint density at radius 1 is 0.857 bits per heavy atom. The number of hydrogen-bond donors (Lipinski definition) is 2. The van der Waals surface area contributed by atoms with Crippen molar-refractivity contribution < 1.29 is 32.6 Å². The highest BCUT2D eigenvalue weighted by Crippen LogP contribution is 2.29. The maximum Gasteiger partial charge on any atom is 0.272 e. The molecule has 9 heteroatoms. The van der Waals surface area contributed by atoms with E-state index in [1.807, 2.05) is 6.92 Å². The third kappa shape index (κ3) is 7.85. The molecule has 35 heavy (non-hydrogen) atoms. The van der Waals surface area contributed by atoms with E-state index in [0.29, 0.717) is 29.4 Å². The van der Waals surface area contributed by atoms with Crippen molar-refractivity contribution in [3.8, 4) is 17.2 Å². The van der Waals surface area contributed by atoms with E-state index >= 15 is 0 Å². The SMILES string of the molecule is CCOc1cc(/C=C/C(=O)NNC(=O)c2ccccc2F)ccc1OCCOc1ccc(F)cc1. The molecular weight excluding hydrogens is 458 g/mol. The molecule has 3 rings (SSSR count). The average Bonchev–Trinajstić information content (AvgIpc) is 2.86. The van der Waals surface area contributed by atoms with E-state index in [1.54, 1.807) is 18.2 Å². The lowest BCUT2D eigenvalue weighted by Gasteiger charge is -2.13. The summed E-state index contributed by atoms with van der Waals surface area (Å²) in [6, 6.07) is 16.2. The molecule has 3 aromatic carbocycles. The molecule has 182 valence electrons. The second-order valence-corrected chi connectivity index (χ2v) is 7.05. The van der Waals surface area contributed by atoms with Crippen LogP contribution in [-0.2, 0) is 4.79 Å². The first-order valence-corrected chi connectivity index (χ1v) is 10.8. The molecule has 0 aliphatic rings. The zero-order valence-electron chi connectivity index (χ0n) is 18.9. The third-order valence-corrected chi connectivity index (χ3v) is 4.54. The van der Waals surface area contributed by atoms with Gasteiger partial charge in [0.1, 0.15) is 30.6 Å². The number of nitrogens with one attached hydrogen (secondary N) is 2. The number of carbonyl (C=O) groups excluding carboxylic acids is 2. The fourth-order valence-corrected chi connectivity index (χ4v) is 2.90. The largest absolute Gasteiger partial charge is 0.490 e. The van der Waals surface area contributed by atoms with Gasteiger partial charge in [0.05, 0.1) is 12.2 Å².